The minimum atomic E-state index is -1.08. The first-order chi connectivity index (χ1) is 8.45. The molecular weight excluding hydrogens is 232 g/mol. The van der Waals surface area contributed by atoms with Crippen LogP contribution in [0.1, 0.15) is 39.0 Å². The van der Waals surface area contributed by atoms with Gasteiger partial charge in [-0.1, -0.05) is 0 Å². The number of carbonyl (C=O) groups is 1. The Morgan fingerprint density at radius 3 is 2.56 bits per heavy atom. The molecule has 0 amide bonds. The second-order valence-electron chi connectivity index (χ2n) is 5.46. The minimum Gasteiger partial charge on any atom is -0.480 e. The molecule has 1 unspecified atom stereocenters. The Morgan fingerprint density at radius 1 is 1.44 bits per heavy atom. The lowest BCUT2D eigenvalue weighted by molar-refractivity contribution is -0.142. The first-order valence-electron chi connectivity index (χ1n) is 6.73. The summed E-state index contributed by atoms with van der Waals surface area (Å²) in [5.74, 6) is -0.914. The van der Waals surface area contributed by atoms with Crippen LogP contribution in [-0.4, -0.2) is 54.4 Å². The second-order valence-corrected chi connectivity index (χ2v) is 5.46. The lowest BCUT2D eigenvalue weighted by Crippen LogP contribution is -2.44. The molecule has 0 aromatic rings. The number of hydrogen-bond donors (Lipinski definition) is 2. The number of carboxylic acid groups (broad SMARTS) is 1. The number of unbranched alkanes of at least 4 members (excludes halogenated alkanes) is 1. The number of aliphatic carboxylic acids is 1. The quantitative estimate of drug-likeness (QED) is 0.668. The molecule has 0 aromatic heterocycles. The number of methoxy groups -OCH3 is 1. The first-order valence-corrected chi connectivity index (χ1v) is 6.73. The van der Waals surface area contributed by atoms with E-state index in [9.17, 15) is 4.79 Å². The second kappa shape index (κ2) is 7.07. The Labute approximate surface area is 109 Å². The highest BCUT2D eigenvalue weighted by Crippen LogP contribution is 2.15. The van der Waals surface area contributed by atoms with Crippen LogP contribution in [0.25, 0.3) is 0 Å². The molecule has 5 heteroatoms. The van der Waals surface area contributed by atoms with Gasteiger partial charge in [0.25, 0.3) is 0 Å². The van der Waals surface area contributed by atoms with Gasteiger partial charge >= 0.3 is 5.97 Å². The van der Waals surface area contributed by atoms with Gasteiger partial charge < -0.3 is 20.5 Å². The summed E-state index contributed by atoms with van der Waals surface area (Å²) in [6.07, 6.45) is 5.03. The van der Waals surface area contributed by atoms with Crippen LogP contribution in [0.5, 0.6) is 0 Å². The molecule has 1 heterocycles. The third-order valence-corrected chi connectivity index (χ3v) is 3.78. The molecule has 0 aromatic carbocycles. The molecule has 5 nitrogen and oxygen atoms in total. The van der Waals surface area contributed by atoms with E-state index in [2.05, 4.69) is 4.90 Å². The van der Waals surface area contributed by atoms with Gasteiger partial charge in [0.1, 0.15) is 5.54 Å². The summed E-state index contributed by atoms with van der Waals surface area (Å²) in [6, 6.07) is 0. The fourth-order valence-electron chi connectivity index (χ4n) is 2.30. The van der Waals surface area contributed by atoms with Gasteiger partial charge in [-0.15, -0.1) is 0 Å². The van der Waals surface area contributed by atoms with Crippen LogP contribution in [0.4, 0.5) is 0 Å². The maximum absolute atomic E-state index is 10.8. The van der Waals surface area contributed by atoms with Crippen LogP contribution >= 0.6 is 0 Å². The topological polar surface area (TPSA) is 75.8 Å². The summed E-state index contributed by atoms with van der Waals surface area (Å²) in [7, 11) is 1.77. The predicted molar refractivity (Wildman–Crippen MR) is 70.6 cm³/mol. The Bertz CT molecular complexity index is 261. The van der Waals surface area contributed by atoms with Gasteiger partial charge in [0, 0.05) is 20.2 Å². The summed E-state index contributed by atoms with van der Waals surface area (Å²) in [5.41, 5.74) is 4.60. The van der Waals surface area contributed by atoms with E-state index in [-0.39, 0.29) is 0 Å². The van der Waals surface area contributed by atoms with Gasteiger partial charge in [0.2, 0.25) is 0 Å². The third-order valence-electron chi connectivity index (χ3n) is 3.78. The molecule has 1 aliphatic heterocycles. The van der Waals surface area contributed by atoms with Crippen LogP contribution in [-0.2, 0) is 9.53 Å². The number of piperidine rings is 1. The van der Waals surface area contributed by atoms with E-state index in [1.807, 2.05) is 0 Å². The van der Waals surface area contributed by atoms with Crippen molar-refractivity contribution in [2.24, 2.45) is 5.73 Å². The molecule has 0 aliphatic carbocycles. The number of nitrogens with zero attached hydrogens (tertiary/aromatic N) is 1. The van der Waals surface area contributed by atoms with Crippen LogP contribution in [0.3, 0.4) is 0 Å². The molecule has 0 spiro atoms. The molecule has 1 fully saturated rings. The molecule has 0 radical (unpaired) electrons. The molecule has 18 heavy (non-hydrogen) atoms. The molecule has 106 valence electrons. The smallest absolute Gasteiger partial charge is 0.323 e. The summed E-state index contributed by atoms with van der Waals surface area (Å²) in [6.45, 7) is 4.78. The minimum absolute atomic E-state index is 0.417. The van der Waals surface area contributed by atoms with Crippen molar-refractivity contribution in [1.82, 2.24) is 4.90 Å². The molecule has 3 N–H and O–H groups in total. The van der Waals surface area contributed by atoms with E-state index < -0.39 is 11.5 Å². The largest absolute Gasteiger partial charge is 0.480 e. The SMILES string of the molecule is COC1CCN(CCCCC(C)(N)C(=O)O)CC1. The summed E-state index contributed by atoms with van der Waals surface area (Å²) < 4.78 is 5.33. The normalized spacial score (nSPS) is 21.7. The van der Waals surface area contributed by atoms with Gasteiger partial charge in [0.05, 0.1) is 6.10 Å². The average molecular weight is 258 g/mol. The highest BCUT2D eigenvalue weighted by Gasteiger charge is 2.27. The Morgan fingerprint density at radius 2 is 2.06 bits per heavy atom. The summed E-state index contributed by atoms with van der Waals surface area (Å²) in [5, 5.41) is 8.90. The highest BCUT2D eigenvalue weighted by atomic mass is 16.5. The summed E-state index contributed by atoms with van der Waals surface area (Å²) in [4.78, 5) is 13.3. The van der Waals surface area contributed by atoms with Crippen molar-refractivity contribution in [2.45, 2.75) is 50.7 Å². The van der Waals surface area contributed by atoms with Gasteiger partial charge in [-0.05, 0) is 45.6 Å². The number of rotatable bonds is 7. The molecule has 1 saturated heterocycles. The molecule has 1 atom stereocenters. The van der Waals surface area contributed by atoms with E-state index in [4.69, 9.17) is 15.6 Å². The maximum Gasteiger partial charge on any atom is 0.323 e. The third kappa shape index (κ3) is 4.92. The van der Waals surface area contributed by atoms with Crippen LogP contribution in [0.2, 0.25) is 0 Å². The highest BCUT2D eigenvalue weighted by molar-refractivity contribution is 5.77. The van der Waals surface area contributed by atoms with Crippen molar-refractivity contribution in [1.29, 1.82) is 0 Å². The van der Waals surface area contributed by atoms with Crippen molar-refractivity contribution in [3.63, 3.8) is 0 Å². The zero-order valence-corrected chi connectivity index (χ0v) is 11.5. The van der Waals surface area contributed by atoms with E-state index in [0.717, 1.165) is 45.3 Å². The summed E-state index contributed by atoms with van der Waals surface area (Å²) >= 11 is 0. The maximum atomic E-state index is 10.8. The van der Waals surface area contributed by atoms with Crippen LogP contribution < -0.4 is 5.73 Å². The number of likely N-dealkylation sites (tertiary alicyclic amines) is 1. The molecule has 1 rings (SSSR count). The predicted octanol–water partition coefficient (Wildman–Crippen LogP) is 1.07. The lowest BCUT2D eigenvalue weighted by atomic mass is 9.96. The van der Waals surface area contributed by atoms with Gasteiger partial charge in [0.15, 0.2) is 0 Å². The number of carboxylic acids is 1. The van der Waals surface area contributed by atoms with Crippen molar-refractivity contribution in [3.8, 4) is 0 Å². The van der Waals surface area contributed by atoms with Crippen molar-refractivity contribution < 1.29 is 14.6 Å². The van der Waals surface area contributed by atoms with Gasteiger partial charge in [-0.2, -0.15) is 0 Å². The average Bonchev–Trinajstić information content (AvgIpc) is 2.35. The zero-order chi connectivity index (χ0) is 13.6. The van der Waals surface area contributed by atoms with E-state index in [1.165, 1.54) is 0 Å². The van der Waals surface area contributed by atoms with E-state index in [1.54, 1.807) is 14.0 Å². The van der Waals surface area contributed by atoms with Crippen molar-refractivity contribution in [2.75, 3.05) is 26.7 Å². The molecule has 0 saturated carbocycles. The molecule has 1 aliphatic rings. The Balaban J connectivity index is 2.10. The number of hydrogen-bond acceptors (Lipinski definition) is 4. The Hall–Kier alpha value is -0.650. The van der Waals surface area contributed by atoms with Crippen LogP contribution in [0, 0.1) is 0 Å². The Kier molecular flexibility index (Phi) is 6.05. The zero-order valence-electron chi connectivity index (χ0n) is 11.5. The van der Waals surface area contributed by atoms with Crippen molar-refractivity contribution >= 4 is 5.97 Å². The number of nitrogens with two attached hydrogens (primary N) is 1. The van der Waals surface area contributed by atoms with E-state index in [0.29, 0.717) is 12.5 Å². The standard InChI is InChI=1S/C13H26N2O3/c1-13(14,12(16)17)7-3-4-8-15-9-5-11(18-2)6-10-15/h11H,3-10,14H2,1-2H3,(H,16,17). The monoisotopic (exact) mass is 258 g/mol. The fraction of sp³-hybridized carbons (Fsp3) is 0.923. The van der Waals surface area contributed by atoms with E-state index >= 15 is 0 Å². The van der Waals surface area contributed by atoms with Crippen LogP contribution in [0.15, 0.2) is 0 Å². The van der Waals surface area contributed by atoms with Crippen molar-refractivity contribution in [3.05, 3.63) is 0 Å². The first kappa shape index (κ1) is 15.4. The lowest BCUT2D eigenvalue weighted by Gasteiger charge is -2.31. The fourth-order valence-corrected chi connectivity index (χ4v) is 2.30. The molecular formula is C13H26N2O3. The molecule has 0 bridgehead atoms. The van der Waals surface area contributed by atoms with Gasteiger partial charge in [-0.3, -0.25) is 4.79 Å². The van der Waals surface area contributed by atoms with Gasteiger partial charge in [-0.25, -0.2) is 0 Å². The number of ether oxygens (including phenoxy) is 1.